The van der Waals surface area contributed by atoms with Gasteiger partial charge in [0, 0.05) is 17.0 Å². The first-order chi connectivity index (χ1) is 20.9. The number of benzene rings is 2. The Kier molecular flexibility index (Phi) is 15.0. The summed E-state index contributed by atoms with van der Waals surface area (Å²) in [6.45, 7) is 7.56. The zero-order chi connectivity index (χ0) is 33.4. The van der Waals surface area contributed by atoms with Crippen LogP contribution in [0.25, 0.3) is 0 Å². The fourth-order valence-corrected chi connectivity index (χ4v) is 4.95. The highest BCUT2D eigenvalue weighted by molar-refractivity contribution is 6.17. The van der Waals surface area contributed by atoms with E-state index in [4.69, 9.17) is 28.7 Å². The Labute approximate surface area is 254 Å². The van der Waals surface area contributed by atoms with E-state index in [9.17, 15) is 24.0 Å². The van der Waals surface area contributed by atoms with Crippen molar-refractivity contribution in [2.45, 2.75) is 53.4 Å². The number of carbonyl (C=O) groups is 5. The van der Waals surface area contributed by atoms with Gasteiger partial charge in [-0.05, 0) is 63.8 Å². The van der Waals surface area contributed by atoms with Crippen LogP contribution in [0.15, 0.2) is 36.4 Å². The molecule has 0 radical (unpaired) electrons. The van der Waals surface area contributed by atoms with Crippen LogP contribution in [0.3, 0.4) is 0 Å². The summed E-state index contributed by atoms with van der Waals surface area (Å²) in [7, 11) is 1.35. The number of hydrogen-bond donors (Lipinski definition) is 0. The third-order valence-electron chi connectivity index (χ3n) is 6.86. The number of carbonyl (C=O) groups excluding carboxylic acids is 9. The van der Waals surface area contributed by atoms with Gasteiger partial charge in [0.05, 0.1) is 33.2 Å². The lowest BCUT2D eigenvalue weighted by molar-refractivity contribution is -0.193. The van der Waals surface area contributed by atoms with Crippen LogP contribution in [0.5, 0.6) is 0 Å². The van der Waals surface area contributed by atoms with Crippen LogP contribution in [0.4, 0.5) is 0 Å². The fraction of sp³-hybridized carbons (Fsp3) is 0.406. The fourth-order valence-electron chi connectivity index (χ4n) is 4.95. The number of fused-ring (bicyclic) bond motifs is 2. The summed E-state index contributed by atoms with van der Waals surface area (Å²) in [5.41, 5.74) is 3.61. The van der Waals surface area contributed by atoms with E-state index < -0.39 is 17.4 Å². The predicted molar refractivity (Wildman–Crippen MR) is 149 cm³/mol. The van der Waals surface area contributed by atoms with Crippen LogP contribution < -0.4 is 0 Å². The molecule has 0 amide bonds. The molecule has 12 heteroatoms. The number of esters is 3. The number of ether oxygens (including phenoxy) is 3. The number of methoxy groups -OCH3 is 1. The predicted octanol–water partition coefficient (Wildman–Crippen LogP) is 2.98. The molecule has 2 aliphatic carbocycles. The second-order valence-electron chi connectivity index (χ2n) is 9.82. The van der Waals surface area contributed by atoms with E-state index in [0.29, 0.717) is 12.0 Å². The Morgan fingerprint density at radius 3 is 1.86 bits per heavy atom. The SMILES string of the molecule is CCOC(=O)CC1(C(=O)OCC)Cc2ccc(C)cc2C1=O.COC(=O)CC1Cc2ccc(C)cc2C1=O.O=C=O.O=C=O. The molecule has 0 saturated heterocycles. The number of Topliss-reactive ketones (excluding diaryl/α,β-unsaturated/α-hetero) is 2. The minimum Gasteiger partial charge on any atom is -0.469 e. The molecule has 2 atom stereocenters. The summed E-state index contributed by atoms with van der Waals surface area (Å²) in [4.78, 5) is 92.8. The second kappa shape index (κ2) is 17.8. The van der Waals surface area contributed by atoms with Crippen LogP contribution in [0.2, 0.25) is 0 Å². The third kappa shape index (κ3) is 9.49. The van der Waals surface area contributed by atoms with Gasteiger partial charge in [-0.1, -0.05) is 35.4 Å². The molecule has 2 aliphatic rings. The Morgan fingerprint density at radius 2 is 1.34 bits per heavy atom. The largest absolute Gasteiger partial charge is 0.469 e. The number of ketones is 2. The van der Waals surface area contributed by atoms with Crippen molar-refractivity contribution in [1.82, 2.24) is 0 Å². The molecule has 0 N–H and O–H groups in total. The topological polar surface area (TPSA) is 181 Å². The zero-order valence-corrected chi connectivity index (χ0v) is 25.2. The lowest BCUT2D eigenvalue weighted by atomic mass is 9.80. The molecule has 2 aromatic carbocycles. The maximum Gasteiger partial charge on any atom is 0.373 e. The van der Waals surface area contributed by atoms with Crippen LogP contribution in [0.1, 0.15) is 69.7 Å². The summed E-state index contributed by atoms with van der Waals surface area (Å²) in [6, 6.07) is 11.3. The van der Waals surface area contributed by atoms with E-state index in [1.165, 1.54) is 7.11 Å². The molecule has 2 aromatic rings. The molecular weight excluding hydrogens is 576 g/mol. The van der Waals surface area contributed by atoms with Crippen molar-refractivity contribution in [3.8, 4) is 0 Å². The summed E-state index contributed by atoms with van der Waals surface area (Å²) in [6.07, 6.45) is 1.23. The molecule has 2 unspecified atom stereocenters. The van der Waals surface area contributed by atoms with E-state index in [-0.39, 0.29) is 68.2 Å². The molecule has 0 bridgehead atoms. The van der Waals surface area contributed by atoms with Gasteiger partial charge in [-0.2, -0.15) is 19.2 Å². The van der Waals surface area contributed by atoms with Crippen molar-refractivity contribution in [2.24, 2.45) is 11.3 Å². The average Bonchev–Trinajstić information content (AvgIpc) is 3.43. The highest BCUT2D eigenvalue weighted by Gasteiger charge is 2.54. The quantitative estimate of drug-likeness (QED) is 0.254. The Bertz CT molecular complexity index is 1430. The molecule has 4 rings (SSSR count). The van der Waals surface area contributed by atoms with Crippen LogP contribution in [-0.2, 0) is 60.6 Å². The Hall–Kier alpha value is -5.05. The van der Waals surface area contributed by atoms with E-state index in [0.717, 1.165) is 27.8 Å². The highest BCUT2D eigenvalue weighted by Crippen LogP contribution is 2.41. The van der Waals surface area contributed by atoms with Gasteiger partial charge in [-0.3, -0.25) is 24.0 Å². The van der Waals surface area contributed by atoms with Crippen LogP contribution in [-0.4, -0.2) is 62.1 Å². The van der Waals surface area contributed by atoms with E-state index in [1.54, 1.807) is 19.9 Å². The van der Waals surface area contributed by atoms with Crippen LogP contribution in [0, 0.1) is 25.2 Å². The van der Waals surface area contributed by atoms with Crippen molar-refractivity contribution < 1.29 is 57.4 Å². The highest BCUT2D eigenvalue weighted by atomic mass is 16.5. The maximum atomic E-state index is 12.8. The van der Waals surface area contributed by atoms with Gasteiger partial charge in [0.15, 0.2) is 11.6 Å². The minimum absolute atomic E-state index is 0.0732. The smallest absolute Gasteiger partial charge is 0.373 e. The van der Waals surface area contributed by atoms with Crippen molar-refractivity contribution in [1.29, 1.82) is 0 Å². The summed E-state index contributed by atoms with van der Waals surface area (Å²) in [5.74, 6) is -2.04. The van der Waals surface area contributed by atoms with Gasteiger partial charge in [0.2, 0.25) is 0 Å². The molecule has 0 fully saturated rings. The summed E-state index contributed by atoms with van der Waals surface area (Å²) >= 11 is 0. The lowest BCUT2D eigenvalue weighted by Gasteiger charge is -2.23. The molecular formula is C32H34O12. The van der Waals surface area contributed by atoms with Gasteiger partial charge in [-0.15, -0.1) is 0 Å². The maximum absolute atomic E-state index is 12.8. The van der Waals surface area contributed by atoms with Gasteiger partial charge in [0.25, 0.3) is 0 Å². The van der Waals surface area contributed by atoms with Gasteiger partial charge < -0.3 is 14.2 Å². The van der Waals surface area contributed by atoms with E-state index >= 15 is 0 Å². The summed E-state index contributed by atoms with van der Waals surface area (Å²) in [5, 5.41) is 0. The Balaban J connectivity index is 0.000000385. The third-order valence-corrected chi connectivity index (χ3v) is 6.86. The summed E-state index contributed by atoms with van der Waals surface area (Å²) < 4.78 is 14.6. The van der Waals surface area contributed by atoms with Gasteiger partial charge >= 0.3 is 30.2 Å². The molecule has 44 heavy (non-hydrogen) atoms. The average molecular weight is 611 g/mol. The Morgan fingerprint density at radius 1 is 0.818 bits per heavy atom. The zero-order valence-electron chi connectivity index (χ0n) is 25.2. The van der Waals surface area contributed by atoms with Gasteiger partial charge in [0.1, 0.15) is 5.41 Å². The standard InChI is InChI=1S/C17H20O5.C13H14O3.2CO2/c1-4-21-14(18)10-17(16(20)22-5-2)9-12-7-6-11(3)8-13(12)15(17)19;1-8-3-4-9-6-10(7-12(14)16-2)13(15)11(9)5-8;2*2-1-3/h6-8H,4-5,9-10H2,1-3H3;3-5,10H,6-7H2,1-2H3;;. The molecule has 12 nitrogen and oxygen atoms in total. The van der Waals surface area contributed by atoms with Gasteiger partial charge in [-0.25, -0.2) is 0 Å². The molecule has 0 saturated carbocycles. The van der Waals surface area contributed by atoms with Crippen molar-refractivity contribution >= 4 is 41.8 Å². The first kappa shape index (κ1) is 37.0. The van der Waals surface area contributed by atoms with Crippen molar-refractivity contribution in [3.05, 3.63) is 69.8 Å². The monoisotopic (exact) mass is 610 g/mol. The molecule has 234 valence electrons. The molecule has 0 spiro atoms. The normalized spacial score (nSPS) is 16.9. The van der Waals surface area contributed by atoms with E-state index in [1.807, 2.05) is 44.2 Å². The molecule has 0 aliphatic heterocycles. The molecule has 0 aromatic heterocycles. The second-order valence-corrected chi connectivity index (χ2v) is 9.82. The van der Waals surface area contributed by atoms with Crippen molar-refractivity contribution in [2.75, 3.05) is 20.3 Å². The number of rotatable bonds is 7. The first-order valence-corrected chi connectivity index (χ1v) is 13.6. The van der Waals surface area contributed by atoms with Crippen molar-refractivity contribution in [3.63, 3.8) is 0 Å². The number of aryl methyl sites for hydroxylation is 2. The minimum atomic E-state index is -1.49. The van der Waals surface area contributed by atoms with E-state index in [2.05, 4.69) is 4.74 Å². The number of hydrogen-bond acceptors (Lipinski definition) is 12. The van der Waals surface area contributed by atoms with Crippen LogP contribution >= 0.6 is 0 Å². The molecule has 0 heterocycles. The lowest BCUT2D eigenvalue weighted by Crippen LogP contribution is -2.41. The first-order valence-electron chi connectivity index (χ1n) is 13.6.